The van der Waals surface area contributed by atoms with Crippen molar-refractivity contribution in [3.05, 3.63) is 0 Å². The molecule has 0 aliphatic carbocycles. The fraction of sp³-hybridized carbons (Fsp3) is 1.00. The first-order chi connectivity index (χ1) is 3.71. The van der Waals surface area contributed by atoms with Crippen molar-refractivity contribution in [2.75, 3.05) is 5.90 Å². The zero-order valence-corrected chi connectivity index (χ0v) is 9.42. The highest BCUT2D eigenvalue weighted by Gasteiger charge is 2.15. The van der Waals surface area contributed by atoms with Gasteiger partial charge < -0.3 is 9.79 Å². The molecule has 0 bridgehead atoms. The Hall–Kier alpha value is 1.92. The van der Waals surface area contributed by atoms with Crippen LogP contribution >= 0.6 is 35.4 Å². The van der Waals surface area contributed by atoms with Crippen LogP contribution in [0.15, 0.2) is 0 Å². The first-order valence-electron chi connectivity index (χ1n) is 1.80. The van der Waals surface area contributed by atoms with Gasteiger partial charge in [0.2, 0.25) is 0 Å². The second-order valence-electron chi connectivity index (χ2n) is 1.47. The van der Waals surface area contributed by atoms with Crippen molar-refractivity contribution in [1.29, 1.82) is 0 Å². The van der Waals surface area contributed by atoms with Gasteiger partial charge in [-0.15, -0.1) is 24.5 Å². The second kappa shape index (κ2) is 3.55. The van der Waals surface area contributed by atoms with E-state index >= 15 is 0 Å². The molecule has 0 spiro atoms. The first kappa shape index (κ1) is 10.9. The van der Waals surface area contributed by atoms with Crippen molar-refractivity contribution in [1.82, 2.24) is 0 Å². The minimum absolute atomic E-state index is 0.0170. The Kier molecular flexibility index (Phi) is 4.30. The maximum atomic E-state index is 8.90. The summed E-state index contributed by atoms with van der Waals surface area (Å²) in [5.41, 5.74) is -5.28. The van der Waals surface area contributed by atoms with Crippen molar-refractivity contribution in [2.45, 2.75) is 0 Å². The third-order valence-corrected chi connectivity index (χ3v) is 7.67. The molecule has 0 aromatic carbocycles. The van der Waals surface area contributed by atoms with E-state index in [0.717, 1.165) is 0 Å². The van der Waals surface area contributed by atoms with Crippen LogP contribution in [0, 0.1) is 0 Å². The number of hydrogen-bond donors (Lipinski definition) is 4. The molecule has 0 heterocycles. The van der Waals surface area contributed by atoms with E-state index in [2.05, 4.69) is 48.1 Å². The Morgan fingerprint density at radius 1 is 1.11 bits per heavy atom. The van der Waals surface area contributed by atoms with E-state index in [-0.39, 0.29) is 5.90 Å². The van der Waals surface area contributed by atoms with Gasteiger partial charge in [-0.2, -0.15) is 0 Å². The molecule has 8 heteroatoms. The zero-order chi connectivity index (χ0) is 7.71. The van der Waals surface area contributed by atoms with Crippen LogP contribution in [-0.2, 0) is 23.6 Å². The van der Waals surface area contributed by atoms with Crippen LogP contribution in [0.2, 0.25) is 0 Å². The number of hydrogen-bond acceptors (Lipinski definition) is 2. The van der Waals surface area contributed by atoms with Crippen molar-refractivity contribution >= 4 is 59.0 Å². The van der Waals surface area contributed by atoms with Crippen molar-refractivity contribution in [3.8, 4) is 0 Å². The summed E-state index contributed by atoms with van der Waals surface area (Å²) in [5, 5.41) is 0. The van der Waals surface area contributed by atoms with Gasteiger partial charge in [-0.1, -0.05) is 23.6 Å². The Labute approximate surface area is 74.5 Å². The van der Waals surface area contributed by atoms with E-state index in [1.165, 1.54) is 0 Å². The molecular weight excluding hydrogens is 234 g/mol. The normalized spacial score (nSPS) is 24.4. The lowest BCUT2D eigenvalue weighted by atomic mass is 11.9. The topological polar surface area (TPSA) is 40.5 Å². The zero-order valence-electron chi connectivity index (χ0n) is 4.21. The molecule has 0 amide bonds. The van der Waals surface area contributed by atoms with Gasteiger partial charge in [0.15, 0.2) is 0 Å². The third kappa shape index (κ3) is 9.92. The summed E-state index contributed by atoms with van der Waals surface area (Å²) in [6.45, 7) is 0. The summed E-state index contributed by atoms with van der Waals surface area (Å²) in [6.07, 6.45) is 0. The van der Waals surface area contributed by atoms with E-state index in [9.17, 15) is 0 Å². The Balaban J connectivity index is 4.07. The van der Waals surface area contributed by atoms with Gasteiger partial charge in [0.05, 0.1) is 5.90 Å². The van der Waals surface area contributed by atoms with Gasteiger partial charge in [-0.25, -0.2) is 0 Å². The maximum absolute atomic E-state index is 8.90. The SMILES string of the molecule is OP(=S)(S)CP(O)(=S)S. The van der Waals surface area contributed by atoms with E-state index in [1.54, 1.807) is 0 Å². The molecule has 2 N–H and O–H groups in total. The largest absolute Gasteiger partial charge is 0.357 e. The molecule has 0 aliphatic heterocycles. The summed E-state index contributed by atoms with van der Waals surface area (Å²) < 4.78 is 0. The van der Waals surface area contributed by atoms with Crippen LogP contribution in [0.5, 0.6) is 0 Å². The Morgan fingerprint density at radius 2 is 1.33 bits per heavy atom. The third-order valence-electron chi connectivity index (χ3n) is 0.368. The summed E-state index contributed by atoms with van der Waals surface area (Å²) in [7, 11) is 0. The van der Waals surface area contributed by atoms with Gasteiger partial charge in [-0.3, -0.25) is 0 Å². The molecule has 2 unspecified atom stereocenters. The smallest absolute Gasteiger partial charge is 0.121 e. The monoisotopic (exact) mass is 240 g/mol. The molecule has 0 rings (SSSR count). The number of rotatable bonds is 2. The highest BCUT2D eigenvalue weighted by atomic mass is 32.9. The Bertz CT molecular complexity index is 157. The van der Waals surface area contributed by atoms with E-state index in [4.69, 9.17) is 9.79 Å². The van der Waals surface area contributed by atoms with E-state index in [0.29, 0.717) is 0 Å². The predicted molar refractivity (Wildman–Crippen MR) is 55.8 cm³/mol. The van der Waals surface area contributed by atoms with Gasteiger partial charge in [0.25, 0.3) is 0 Å². The maximum Gasteiger partial charge on any atom is 0.121 e. The average molecular weight is 240 g/mol. The van der Waals surface area contributed by atoms with Crippen molar-refractivity contribution in [3.63, 3.8) is 0 Å². The highest BCUT2D eigenvalue weighted by molar-refractivity contribution is 8.69. The fourth-order valence-electron chi connectivity index (χ4n) is 0.240. The molecular formula is CH6O2P2S4. The van der Waals surface area contributed by atoms with Crippen LogP contribution < -0.4 is 0 Å². The van der Waals surface area contributed by atoms with E-state index in [1.807, 2.05) is 0 Å². The van der Waals surface area contributed by atoms with Crippen molar-refractivity contribution < 1.29 is 9.79 Å². The van der Waals surface area contributed by atoms with Gasteiger partial charge in [0.1, 0.15) is 10.9 Å². The molecule has 0 aromatic heterocycles. The van der Waals surface area contributed by atoms with Crippen LogP contribution in [0.25, 0.3) is 0 Å². The lowest BCUT2D eigenvalue weighted by molar-refractivity contribution is 0.630. The molecule has 56 valence electrons. The molecule has 9 heavy (non-hydrogen) atoms. The molecule has 0 fully saturated rings. The quantitative estimate of drug-likeness (QED) is 0.435. The van der Waals surface area contributed by atoms with Crippen LogP contribution in [0.4, 0.5) is 0 Å². The lowest BCUT2D eigenvalue weighted by Gasteiger charge is -2.11. The van der Waals surface area contributed by atoms with E-state index < -0.39 is 10.9 Å². The lowest BCUT2D eigenvalue weighted by Crippen LogP contribution is -1.77. The molecule has 2 nitrogen and oxygen atoms in total. The fourth-order valence-corrected chi connectivity index (χ4v) is 11.6. The first-order valence-corrected chi connectivity index (χ1v) is 9.98. The average Bonchev–Trinajstić information content (AvgIpc) is 1.14. The standard InChI is InChI=1S/CH6O2P2S4/c2-4(6,7)1-5(3,8)9/h1H2,(H2,2,6,7)(H2,3,8,9). The van der Waals surface area contributed by atoms with Crippen LogP contribution in [0.3, 0.4) is 0 Å². The molecule has 0 saturated carbocycles. The van der Waals surface area contributed by atoms with Crippen LogP contribution in [0.1, 0.15) is 0 Å². The number of thiol groups is 2. The highest BCUT2D eigenvalue weighted by Crippen LogP contribution is 2.62. The minimum atomic E-state index is -2.64. The summed E-state index contributed by atoms with van der Waals surface area (Å²) in [4.78, 5) is 17.8. The second-order valence-corrected chi connectivity index (χ2v) is 14.5. The van der Waals surface area contributed by atoms with Crippen LogP contribution in [-0.4, -0.2) is 15.7 Å². The van der Waals surface area contributed by atoms with Gasteiger partial charge in [0, 0.05) is 0 Å². The molecule has 2 atom stereocenters. The summed E-state index contributed by atoms with van der Waals surface area (Å²) in [6, 6.07) is 0. The van der Waals surface area contributed by atoms with Gasteiger partial charge >= 0.3 is 0 Å². The Morgan fingerprint density at radius 3 is 1.33 bits per heavy atom. The molecule has 0 aromatic rings. The molecule has 0 aliphatic rings. The summed E-state index contributed by atoms with van der Waals surface area (Å²) in [5.74, 6) is -0.0170. The molecule has 0 radical (unpaired) electrons. The van der Waals surface area contributed by atoms with Crippen molar-refractivity contribution in [2.24, 2.45) is 0 Å². The van der Waals surface area contributed by atoms with Gasteiger partial charge in [-0.05, 0) is 0 Å². The molecule has 0 saturated heterocycles. The minimum Gasteiger partial charge on any atom is -0.357 e. The summed E-state index contributed by atoms with van der Waals surface area (Å²) >= 11 is 16.4. The predicted octanol–water partition coefficient (Wildman–Crippen LogP) is 1.41.